The lowest BCUT2D eigenvalue weighted by Gasteiger charge is -2.20. The van der Waals surface area contributed by atoms with Crippen molar-refractivity contribution in [1.29, 1.82) is 0 Å². The molecule has 1 aromatic rings. The molecule has 0 saturated carbocycles. The Morgan fingerprint density at radius 3 is 2.91 bits per heavy atom. The van der Waals surface area contributed by atoms with Crippen LogP contribution in [0.25, 0.3) is 0 Å². The Morgan fingerprint density at radius 1 is 1.55 bits per heavy atom. The van der Waals surface area contributed by atoms with Gasteiger partial charge in [-0.25, -0.2) is 4.79 Å². The molecular formula is C12H19N2O6PS. The minimum absolute atomic E-state index is 0.0924. The molecule has 0 amide bonds. The summed E-state index contributed by atoms with van der Waals surface area (Å²) >= 11 is 4.88. The Hall–Kier alpha value is -0.830. The van der Waals surface area contributed by atoms with E-state index in [1.54, 1.807) is 13.8 Å². The van der Waals surface area contributed by atoms with Gasteiger partial charge in [-0.05, 0) is 38.5 Å². The molecule has 124 valence electrons. The van der Waals surface area contributed by atoms with Crippen LogP contribution in [0.5, 0.6) is 0 Å². The van der Waals surface area contributed by atoms with E-state index in [4.69, 9.17) is 25.6 Å². The van der Waals surface area contributed by atoms with E-state index < -0.39 is 24.2 Å². The summed E-state index contributed by atoms with van der Waals surface area (Å²) in [7, 11) is 0. The standard InChI is InChI=1S/C12H19N2O6PS/c1-8(2)20-21(17,22)18-7-9-3-4-11(19-9)14-6-5-10(15)13-12(14)16/h5-6,8-9,11H,3-4,7H2,1-2H3,(H,17,22)(H,13,15,16). The van der Waals surface area contributed by atoms with Crippen LogP contribution in [0.4, 0.5) is 0 Å². The number of aromatic nitrogens is 2. The highest BCUT2D eigenvalue weighted by molar-refractivity contribution is 8.07. The molecule has 0 aliphatic carbocycles. The fourth-order valence-corrected chi connectivity index (χ4v) is 3.79. The highest BCUT2D eigenvalue weighted by Gasteiger charge is 2.29. The predicted octanol–water partition coefficient (Wildman–Crippen LogP) is 0.873. The van der Waals surface area contributed by atoms with Gasteiger partial charge in [0.15, 0.2) is 0 Å². The highest BCUT2D eigenvalue weighted by Crippen LogP contribution is 2.45. The van der Waals surface area contributed by atoms with Crippen molar-refractivity contribution in [3.05, 3.63) is 33.1 Å². The lowest BCUT2D eigenvalue weighted by Crippen LogP contribution is -2.31. The Bertz CT molecular complexity index is 672. The van der Waals surface area contributed by atoms with Crippen molar-refractivity contribution in [2.75, 3.05) is 6.61 Å². The molecular weight excluding hydrogens is 331 g/mol. The molecule has 1 saturated heterocycles. The molecule has 2 heterocycles. The zero-order chi connectivity index (χ0) is 16.3. The van der Waals surface area contributed by atoms with Gasteiger partial charge in [-0.3, -0.25) is 14.3 Å². The molecule has 8 nitrogen and oxygen atoms in total. The van der Waals surface area contributed by atoms with Crippen molar-refractivity contribution in [2.24, 2.45) is 0 Å². The zero-order valence-corrected chi connectivity index (χ0v) is 14.0. The molecule has 1 aliphatic rings. The molecule has 1 aliphatic heterocycles. The minimum atomic E-state index is -3.27. The minimum Gasteiger partial charge on any atom is -0.352 e. The van der Waals surface area contributed by atoms with Gasteiger partial charge in [0, 0.05) is 12.3 Å². The number of ether oxygens (including phenoxy) is 1. The maximum absolute atomic E-state index is 11.7. The van der Waals surface area contributed by atoms with Gasteiger partial charge in [-0.1, -0.05) is 0 Å². The molecule has 0 bridgehead atoms. The smallest absolute Gasteiger partial charge is 0.330 e. The van der Waals surface area contributed by atoms with Crippen LogP contribution in [0.3, 0.4) is 0 Å². The largest absolute Gasteiger partial charge is 0.352 e. The van der Waals surface area contributed by atoms with Gasteiger partial charge in [0.05, 0.1) is 18.8 Å². The maximum Gasteiger partial charge on any atom is 0.330 e. The molecule has 0 aromatic carbocycles. The molecule has 0 radical (unpaired) electrons. The average molecular weight is 350 g/mol. The first kappa shape index (κ1) is 17.5. The molecule has 2 N–H and O–H groups in total. The molecule has 1 aromatic heterocycles. The van der Waals surface area contributed by atoms with Gasteiger partial charge in [0.1, 0.15) is 6.23 Å². The first-order chi connectivity index (χ1) is 10.3. The number of nitrogens with one attached hydrogen (secondary N) is 1. The monoisotopic (exact) mass is 350 g/mol. The summed E-state index contributed by atoms with van der Waals surface area (Å²) < 4.78 is 17.4. The second-order valence-corrected chi connectivity index (χ2v) is 8.02. The van der Waals surface area contributed by atoms with E-state index in [9.17, 15) is 14.5 Å². The van der Waals surface area contributed by atoms with E-state index in [2.05, 4.69) is 4.98 Å². The predicted molar refractivity (Wildman–Crippen MR) is 83.1 cm³/mol. The molecule has 22 heavy (non-hydrogen) atoms. The van der Waals surface area contributed by atoms with Gasteiger partial charge in [0.25, 0.3) is 5.56 Å². The fourth-order valence-electron chi connectivity index (χ4n) is 2.14. The normalized spacial score (nSPS) is 24.5. The van der Waals surface area contributed by atoms with Crippen LogP contribution < -0.4 is 11.2 Å². The molecule has 3 atom stereocenters. The molecule has 10 heteroatoms. The van der Waals surface area contributed by atoms with Gasteiger partial charge >= 0.3 is 12.4 Å². The average Bonchev–Trinajstić information content (AvgIpc) is 2.83. The van der Waals surface area contributed by atoms with Gasteiger partial charge in [-0.2, -0.15) is 0 Å². The number of rotatable bonds is 6. The van der Waals surface area contributed by atoms with Crippen molar-refractivity contribution in [2.45, 2.75) is 45.1 Å². The molecule has 3 unspecified atom stereocenters. The first-order valence-corrected chi connectivity index (χ1v) is 9.48. The highest BCUT2D eigenvalue weighted by atomic mass is 32.5. The van der Waals surface area contributed by atoms with Gasteiger partial charge < -0.3 is 18.7 Å². The third kappa shape index (κ3) is 4.84. The van der Waals surface area contributed by atoms with Crippen LogP contribution in [0.2, 0.25) is 0 Å². The van der Waals surface area contributed by atoms with Crippen molar-refractivity contribution in [3.8, 4) is 0 Å². The topological polar surface area (TPSA) is 103 Å². The summed E-state index contributed by atoms with van der Waals surface area (Å²) in [6.45, 7) is 0.331. The summed E-state index contributed by atoms with van der Waals surface area (Å²) in [5, 5.41) is 0. The lowest BCUT2D eigenvalue weighted by molar-refractivity contribution is -0.0236. The van der Waals surface area contributed by atoms with Crippen LogP contribution in [0.1, 0.15) is 32.9 Å². The summed E-state index contributed by atoms with van der Waals surface area (Å²) in [4.78, 5) is 34.8. The van der Waals surface area contributed by atoms with E-state index >= 15 is 0 Å². The van der Waals surface area contributed by atoms with E-state index in [1.165, 1.54) is 16.8 Å². The quantitative estimate of drug-likeness (QED) is 0.734. The number of H-pyrrole nitrogens is 1. The fraction of sp³-hybridized carbons (Fsp3) is 0.667. The van der Waals surface area contributed by atoms with E-state index in [1.807, 2.05) is 0 Å². The summed E-state index contributed by atoms with van der Waals surface area (Å²) in [5.74, 6) is 0. The Balaban J connectivity index is 1.92. The van der Waals surface area contributed by atoms with Gasteiger partial charge in [-0.15, -0.1) is 0 Å². The Labute approximate surface area is 132 Å². The van der Waals surface area contributed by atoms with Crippen molar-refractivity contribution in [3.63, 3.8) is 0 Å². The second-order valence-electron chi connectivity index (χ2n) is 5.23. The third-order valence-electron chi connectivity index (χ3n) is 3.01. The number of hydrogen-bond acceptors (Lipinski definition) is 6. The van der Waals surface area contributed by atoms with Crippen LogP contribution >= 0.6 is 6.72 Å². The van der Waals surface area contributed by atoms with E-state index in [-0.39, 0.29) is 18.8 Å². The Kier molecular flexibility index (Phi) is 5.70. The SMILES string of the molecule is CC(C)OP(O)(=S)OCC1CCC(n2ccc(=O)[nH]c2=O)O1. The summed E-state index contributed by atoms with van der Waals surface area (Å²) in [5.41, 5.74) is -0.972. The Morgan fingerprint density at radius 2 is 2.27 bits per heavy atom. The van der Waals surface area contributed by atoms with Gasteiger partial charge in [0.2, 0.25) is 0 Å². The third-order valence-corrected chi connectivity index (χ3v) is 4.75. The summed E-state index contributed by atoms with van der Waals surface area (Å²) in [6, 6.07) is 1.26. The van der Waals surface area contributed by atoms with Crippen LogP contribution in [-0.4, -0.2) is 33.3 Å². The number of aromatic amines is 1. The summed E-state index contributed by atoms with van der Waals surface area (Å²) in [6.07, 6.45) is 1.64. The second kappa shape index (κ2) is 7.16. The zero-order valence-electron chi connectivity index (χ0n) is 12.3. The van der Waals surface area contributed by atoms with Crippen molar-refractivity contribution in [1.82, 2.24) is 9.55 Å². The number of nitrogens with zero attached hydrogens (tertiary/aromatic N) is 1. The van der Waals surface area contributed by atoms with Crippen LogP contribution in [-0.2, 0) is 25.6 Å². The van der Waals surface area contributed by atoms with Crippen LogP contribution in [0.15, 0.2) is 21.9 Å². The maximum atomic E-state index is 11.7. The van der Waals surface area contributed by atoms with E-state index in [0.717, 1.165) is 0 Å². The first-order valence-electron chi connectivity index (χ1n) is 6.89. The molecule has 1 fully saturated rings. The van der Waals surface area contributed by atoms with Crippen molar-refractivity contribution >= 4 is 18.5 Å². The lowest BCUT2D eigenvalue weighted by atomic mass is 10.2. The number of hydrogen-bond donors (Lipinski definition) is 2. The molecule has 0 spiro atoms. The van der Waals surface area contributed by atoms with E-state index in [0.29, 0.717) is 12.8 Å². The van der Waals surface area contributed by atoms with Crippen molar-refractivity contribution < 1.29 is 18.7 Å². The molecule has 2 rings (SSSR count). The van der Waals surface area contributed by atoms with Crippen LogP contribution in [0, 0.1) is 0 Å².